The summed E-state index contributed by atoms with van der Waals surface area (Å²) in [5, 5.41) is 19.0. The molecule has 7 heteroatoms. The van der Waals surface area contributed by atoms with Crippen LogP contribution >= 0.6 is 0 Å². The van der Waals surface area contributed by atoms with Gasteiger partial charge in [0, 0.05) is 24.6 Å². The van der Waals surface area contributed by atoms with Crippen molar-refractivity contribution in [1.29, 1.82) is 0 Å². The van der Waals surface area contributed by atoms with Crippen molar-refractivity contribution in [3.8, 4) is 0 Å². The molecule has 0 aliphatic carbocycles. The number of para-hydroxylation sites is 1. The van der Waals surface area contributed by atoms with Crippen LogP contribution in [0.15, 0.2) is 48.5 Å². The standard InChI is InChI=1S/C18H18N4O3/c1-12(13-6-5-7-14(10-13)22(24)25)21(2)18(23)11-17-15-8-3-4-9-16(15)19-20-17/h3-10,12H,11H2,1-2H3,(H,19,20)/t12-/m1/s1. The van der Waals surface area contributed by atoms with Crippen molar-refractivity contribution in [1.82, 2.24) is 15.1 Å². The van der Waals surface area contributed by atoms with E-state index < -0.39 is 4.92 Å². The maximum atomic E-state index is 12.6. The molecule has 2 aromatic carbocycles. The number of likely N-dealkylation sites (N-methyl/N-ethyl adjacent to an activating group) is 1. The van der Waals surface area contributed by atoms with Crippen molar-refractivity contribution in [2.45, 2.75) is 19.4 Å². The number of hydrogen-bond acceptors (Lipinski definition) is 4. The lowest BCUT2D eigenvalue weighted by molar-refractivity contribution is -0.384. The Balaban J connectivity index is 1.77. The number of non-ortho nitro benzene ring substituents is 1. The average Bonchev–Trinajstić information content (AvgIpc) is 3.03. The molecule has 0 saturated carbocycles. The molecule has 0 aliphatic heterocycles. The van der Waals surface area contributed by atoms with E-state index in [0.29, 0.717) is 0 Å². The highest BCUT2D eigenvalue weighted by Crippen LogP contribution is 2.24. The van der Waals surface area contributed by atoms with Gasteiger partial charge < -0.3 is 4.90 Å². The normalized spacial score (nSPS) is 12.1. The van der Waals surface area contributed by atoms with Crippen LogP contribution in [-0.4, -0.2) is 33.0 Å². The minimum absolute atomic E-state index is 0.0183. The molecule has 25 heavy (non-hydrogen) atoms. The maximum absolute atomic E-state index is 12.6. The summed E-state index contributed by atoms with van der Waals surface area (Å²) in [7, 11) is 1.70. The van der Waals surface area contributed by atoms with Crippen molar-refractivity contribution in [3.63, 3.8) is 0 Å². The molecule has 128 valence electrons. The van der Waals surface area contributed by atoms with Gasteiger partial charge in [-0.25, -0.2) is 0 Å². The van der Waals surface area contributed by atoms with Gasteiger partial charge in [0.05, 0.1) is 28.6 Å². The number of fused-ring (bicyclic) bond motifs is 1. The first kappa shape index (κ1) is 16.6. The Morgan fingerprint density at radius 2 is 2.04 bits per heavy atom. The van der Waals surface area contributed by atoms with Crippen LogP contribution < -0.4 is 0 Å². The number of nitrogens with zero attached hydrogens (tertiary/aromatic N) is 3. The molecule has 7 nitrogen and oxygen atoms in total. The van der Waals surface area contributed by atoms with Crippen LogP contribution in [0.5, 0.6) is 0 Å². The lowest BCUT2D eigenvalue weighted by atomic mass is 10.1. The minimum Gasteiger partial charge on any atom is -0.339 e. The van der Waals surface area contributed by atoms with Crippen LogP contribution in [0.2, 0.25) is 0 Å². The van der Waals surface area contributed by atoms with Gasteiger partial charge in [-0.05, 0) is 18.6 Å². The number of rotatable bonds is 5. The smallest absolute Gasteiger partial charge is 0.269 e. The molecule has 0 fully saturated rings. The van der Waals surface area contributed by atoms with E-state index in [-0.39, 0.29) is 24.1 Å². The van der Waals surface area contributed by atoms with Crippen molar-refractivity contribution in [3.05, 3.63) is 69.9 Å². The van der Waals surface area contributed by atoms with Gasteiger partial charge in [0.25, 0.3) is 5.69 Å². The van der Waals surface area contributed by atoms with Gasteiger partial charge in [0.1, 0.15) is 0 Å². The SMILES string of the molecule is C[C@H](c1cccc([N+](=O)[O-])c1)N(C)C(=O)Cc1[nH]nc2ccccc12. The Bertz CT molecular complexity index is 935. The number of amides is 1. The summed E-state index contributed by atoms with van der Waals surface area (Å²) in [6.45, 7) is 1.85. The molecule has 1 heterocycles. The van der Waals surface area contributed by atoms with Crippen molar-refractivity contribution in [2.75, 3.05) is 7.05 Å². The molecule has 1 atom stereocenters. The van der Waals surface area contributed by atoms with Gasteiger partial charge in [0.2, 0.25) is 5.91 Å². The first-order valence-electron chi connectivity index (χ1n) is 7.89. The first-order valence-corrected chi connectivity index (χ1v) is 7.89. The molecule has 0 radical (unpaired) electrons. The van der Waals surface area contributed by atoms with E-state index in [9.17, 15) is 14.9 Å². The van der Waals surface area contributed by atoms with Gasteiger partial charge >= 0.3 is 0 Å². The summed E-state index contributed by atoms with van der Waals surface area (Å²) < 4.78 is 0. The third-order valence-electron chi connectivity index (χ3n) is 4.41. The fourth-order valence-electron chi connectivity index (χ4n) is 2.76. The van der Waals surface area contributed by atoms with Crippen molar-refractivity contribution < 1.29 is 9.72 Å². The zero-order valence-electron chi connectivity index (χ0n) is 14.0. The molecular formula is C18H18N4O3. The molecule has 1 aromatic heterocycles. The van der Waals surface area contributed by atoms with E-state index in [1.54, 1.807) is 24.1 Å². The zero-order valence-corrected chi connectivity index (χ0v) is 14.0. The number of benzene rings is 2. The van der Waals surface area contributed by atoms with Crippen molar-refractivity contribution >= 4 is 22.5 Å². The minimum atomic E-state index is -0.436. The zero-order chi connectivity index (χ0) is 18.0. The first-order chi connectivity index (χ1) is 12.0. The van der Waals surface area contributed by atoms with Gasteiger partial charge in [-0.3, -0.25) is 20.0 Å². The van der Waals surface area contributed by atoms with Gasteiger partial charge in [-0.15, -0.1) is 0 Å². The third-order valence-corrected chi connectivity index (χ3v) is 4.41. The summed E-state index contributed by atoms with van der Waals surface area (Å²) in [6.07, 6.45) is 0.191. The van der Waals surface area contributed by atoms with Crippen LogP contribution in [0.3, 0.4) is 0 Å². The number of carbonyl (C=O) groups excluding carboxylic acids is 1. The lowest BCUT2D eigenvalue weighted by Gasteiger charge is -2.25. The molecule has 1 N–H and O–H groups in total. The predicted molar refractivity (Wildman–Crippen MR) is 94.1 cm³/mol. The number of aromatic nitrogens is 2. The van der Waals surface area contributed by atoms with Crippen molar-refractivity contribution in [2.24, 2.45) is 0 Å². The topological polar surface area (TPSA) is 92.1 Å². The Morgan fingerprint density at radius 1 is 1.28 bits per heavy atom. The fourth-order valence-corrected chi connectivity index (χ4v) is 2.76. The molecule has 0 aliphatic rings. The third kappa shape index (κ3) is 3.35. The molecule has 0 unspecified atom stereocenters. The van der Waals surface area contributed by atoms with E-state index >= 15 is 0 Å². The summed E-state index contributed by atoms with van der Waals surface area (Å²) in [4.78, 5) is 24.7. The Labute approximate surface area is 144 Å². The molecule has 3 aromatic rings. The second-order valence-corrected chi connectivity index (χ2v) is 5.93. The number of aromatic amines is 1. The Hall–Kier alpha value is -3.22. The summed E-state index contributed by atoms with van der Waals surface area (Å²) in [6, 6.07) is 13.7. The van der Waals surface area contributed by atoms with Crippen LogP contribution in [0.1, 0.15) is 24.2 Å². The van der Waals surface area contributed by atoms with Gasteiger partial charge in [-0.2, -0.15) is 5.10 Å². The van der Waals surface area contributed by atoms with E-state index in [1.165, 1.54) is 12.1 Å². The van der Waals surface area contributed by atoms with Crippen LogP contribution in [-0.2, 0) is 11.2 Å². The molecule has 1 amide bonds. The number of carbonyl (C=O) groups is 1. The van der Waals surface area contributed by atoms with E-state index in [4.69, 9.17) is 0 Å². The largest absolute Gasteiger partial charge is 0.339 e. The monoisotopic (exact) mass is 338 g/mol. The van der Waals surface area contributed by atoms with E-state index in [1.807, 2.05) is 31.2 Å². The van der Waals surface area contributed by atoms with Crippen LogP contribution in [0.25, 0.3) is 10.9 Å². The van der Waals surface area contributed by atoms with E-state index in [0.717, 1.165) is 22.2 Å². The summed E-state index contributed by atoms with van der Waals surface area (Å²) >= 11 is 0. The molecule has 0 spiro atoms. The van der Waals surface area contributed by atoms with Crippen LogP contribution in [0, 0.1) is 10.1 Å². The number of nitro benzene ring substituents is 1. The van der Waals surface area contributed by atoms with Gasteiger partial charge in [-0.1, -0.05) is 30.3 Å². The molecule has 3 rings (SSSR count). The lowest BCUT2D eigenvalue weighted by Crippen LogP contribution is -2.31. The highest BCUT2D eigenvalue weighted by atomic mass is 16.6. The average molecular weight is 338 g/mol. The number of hydrogen-bond donors (Lipinski definition) is 1. The fraction of sp³-hybridized carbons (Fsp3) is 0.222. The summed E-state index contributed by atoms with van der Waals surface area (Å²) in [5.41, 5.74) is 2.32. The second-order valence-electron chi connectivity index (χ2n) is 5.93. The van der Waals surface area contributed by atoms with Crippen LogP contribution in [0.4, 0.5) is 5.69 Å². The highest BCUT2D eigenvalue weighted by molar-refractivity contribution is 5.87. The van der Waals surface area contributed by atoms with E-state index in [2.05, 4.69) is 10.2 Å². The number of nitro groups is 1. The molecule has 0 bridgehead atoms. The maximum Gasteiger partial charge on any atom is 0.269 e. The molecule has 0 saturated heterocycles. The quantitative estimate of drug-likeness (QED) is 0.571. The Kier molecular flexibility index (Phi) is 4.47. The Morgan fingerprint density at radius 3 is 2.80 bits per heavy atom. The van der Waals surface area contributed by atoms with Gasteiger partial charge in [0.15, 0.2) is 0 Å². The number of nitrogens with one attached hydrogen (secondary N) is 1. The number of H-pyrrole nitrogens is 1. The predicted octanol–water partition coefficient (Wildman–Crippen LogP) is 3.23. The summed E-state index contributed by atoms with van der Waals surface area (Å²) in [5.74, 6) is -0.0894. The highest BCUT2D eigenvalue weighted by Gasteiger charge is 2.20. The second kappa shape index (κ2) is 6.72. The molecular weight excluding hydrogens is 320 g/mol.